The molecule has 11 aromatic rings. The summed E-state index contributed by atoms with van der Waals surface area (Å²) in [4.78, 5) is 2.43. The van der Waals surface area contributed by atoms with Crippen LogP contribution in [0.1, 0.15) is 0 Å². The molecule has 10 aromatic carbocycles. The van der Waals surface area contributed by atoms with Crippen LogP contribution in [0.3, 0.4) is 0 Å². The fourth-order valence-corrected chi connectivity index (χ4v) is 8.74. The van der Waals surface area contributed by atoms with Gasteiger partial charge in [-0.3, -0.25) is 0 Å². The van der Waals surface area contributed by atoms with E-state index in [1.54, 1.807) is 0 Å². The molecule has 0 fully saturated rings. The third kappa shape index (κ3) is 5.26. The molecule has 0 unspecified atom stereocenters. The first-order chi connectivity index (χ1) is 27.8. The number of nitrogens with zero attached hydrogens (tertiary/aromatic N) is 2. The highest BCUT2D eigenvalue weighted by Crippen LogP contribution is 2.45. The first kappa shape index (κ1) is 32.0. The molecule has 0 saturated carbocycles. The summed E-state index contributed by atoms with van der Waals surface area (Å²) < 4.78 is 2.39. The number of anilines is 3. The van der Waals surface area contributed by atoms with Gasteiger partial charge in [0.25, 0.3) is 0 Å². The highest BCUT2D eigenvalue weighted by Gasteiger charge is 2.21. The van der Waals surface area contributed by atoms with E-state index in [-0.39, 0.29) is 0 Å². The van der Waals surface area contributed by atoms with Crippen LogP contribution in [0.25, 0.3) is 82.1 Å². The maximum absolute atomic E-state index is 2.43. The minimum absolute atomic E-state index is 1.10. The molecule has 0 radical (unpaired) electrons. The van der Waals surface area contributed by atoms with Crippen molar-refractivity contribution in [1.82, 2.24) is 4.57 Å². The zero-order valence-electron chi connectivity index (χ0n) is 30.7. The van der Waals surface area contributed by atoms with Gasteiger partial charge in [0.15, 0.2) is 0 Å². The van der Waals surface area contributed by atoms with Crippen LogP contribution in [0.5, 0.6) is 0 Å². The fraction of sp³-hybridized carbons (Fsp3) is 0. The van der Waals surface area contributed by atoms with Crippen molar-refractivity contribution >= 4 is 71.2 Å². The molecule has 0 bridgehead atoms. The van der Waals surface area contributed by atoms with Crippen LogP contribution >= 0.6 is 0 Å². The van der Waals surface area contributed by atoms with Crippen molar-refractivity contribution in [3.8, 4) is 27.9 Å². The van der Waals surface area contributed by atoms with Gasteiger partial charge in [0.1, 0.15) is 0 Å². The average molecular weight is 713 g/mol. The van der Waals surface area contributed by atoms with Crippen LogP contribution in [0.4, 0.5) is 17.1 Å². The molecular formula is C54H36N2. The minimum Gasteiger partial charge on any atom is -0.310 e. The molecule has 0 amide bonds. The largest absolute Gasteiger partial charge is 0.310 e. The second-order valence-electron chi connectivity index (χ2n) is 14.5. The molecule has 0 aliphatic carbocycles. The summed E-state index contributed by atoms with van der Waals surface area (Å²) in [7, 11) is 0. The Balaban J connectivity index is 1.08. The lowest BCUT2D eigenvalue weighted by atomic mass is 9.94. The predicted octanol–water partition coefficient (Wildman–Crippen LogP) is 15.0. The highest BCUT2D eigenvalue weighted by atomic mass is 15.1. The SMILES string of the molecule is c1ccc(-c2cccc(N(c3ccc(-c4ccc5c(ccc6ccc7ccccc7c65)c4)cc3)c3cccc4c3c3ccccc3n4-c3ccccc3)c2)cc1. The van der Waals surface area contributed by atoms with E-state index in [9.17, 15) is 0 Å². The Morgan fingerprint density at radius 3 is 1.73 bits per heavy atom. The molecule has 2 heteroatoms. The van der Waals surface area contributed by atoms with Crippen LogP contribution in [0.15, 0.2) is 218 Å². The maximum atomic E-state index is 2.43. The number of rotatable bonds is 6. The van der Waals surface area contributed by atoms with Gasteiger partial charge < -0.3 is 9.47 Å². The van der Waals surface area contributed by atoms with Crippen LogP contribution in [0, 0.1) is 0 Å². The van der Waals surface area contributed by atoms with E-state index < -0.39 is 0 Å². The van der Waals surface area contributed by atoms with Crippen molar-refractivity contribution in [2.75, 3.05) is 4.90 Å². The maximum Gasteiger partial charge on any atom is 0.0562 e. The third-order valence-corrected chi connectivity index (χ3v) is 11.3. The van der Waals surface area contributed by atoms with Gasteiger partial charge in [0, 0.05) is 27.8 Å². The zero-order chi connectivity index (χ0) is 37.0. The number of benzene rings is 10. The smallest absolute Gasteiger partial charge is 0.0562 e. The van der Waals surface area contributed by atoms with Gasteiger partial charge in [-0.1, -0.05) is 158 Å². The molecule has 262 valence electrons. The van der Waals surface area contributed by atoms with Gasteiger partial charge in [-0.15, -0.1) is 0 Å². The lowest BCUT2D eigenvalue weighted by Gasteiger charge is -2.27. The Bertz CT molecular complexity index is 3230. The topological polar surface area (TPSA) is 8.17 Å². The van der Waals surface area contributed by atoms with Gasteiger partial charge in [-0.05, 0) is 115 Å². The zero-order valence-corrected chi connectivity index (χ0v) is 30.7. The van der Waals surface area contributed by atoms with Gasteiger partial charge in [0.2, 0.25) is 0 Å². The lowest BCUT2D eigenvalue weighted by molar-refractivity contribution is 1.18. The molecule has 0 atom stereocenters. The van der Waals surface area contributed by atoms with E-state index in [2.05, 4.69) is 228 Å². The summed E-state index contributed by atoms with van der Waals surface area (Å²) in [6.45, 7) is 0. The molecule has 11 rings (SSSR count). The van der Waals surface area contributed by atoms with Gasteiger partial charge in [0.05, 0.1) is 16.7 Å². The summed E-state index contributed by atoms with van der Waals surface area (Å²) in [6.07, 6.45) is 0. The number of aromatic nitrogens is 1. The van der Waals surface area contributed by atoms with Crippen molar-refractivity contribution in [3.05, 3.63) is 218 Å². The first-order valence-electron chi connectivity index (χ1n) is 19.3. The standard InChI is InChI=1S/C54H36N2/c1-3-13-37(14-4-1)41-16-11-19-46(36-41)55(51-23-12-24-52-54(51)49-21-9-10-22-50(49)56(52)44-17-5-2-6-18-44)45-32-29-38(30-33-45)42-31-34-48-43(35-42)28-27-40-26-25-39-15-7-8-20-47(39)53(40)48/h1-36H. The molecule has 56 heavy (non-hydrogen) atoms. The quantitative estimate of drug-likeness (QED) is 0.156. The van der Waals surface area contributed by atoms with Crippen molar-refractivity contribution in [2.45, 2.75) is 0 Å². The summed E-state index contributed by atoms with van der Waals surface area (Å²) in [6, 6.07) is 79.4. The van der Waals surface area contributed by atoms with E-state index in [1.165, 1.54) is 76.4 Å². The summed E-state index contributed by atoms with van der Waals surface area (Å²) in [5.41, 5.74) is 11.6. The minimum atomic E-state index is 1.10. The lowest BCUT2D eigenvalue weighted by Crippen LogP contribution is -2.10. The molecule has 0 aliphatic heterocycles. The van der Waals surface area contributed by atoms with E-state index in [0.717, 1.165) is 22.7 Å². The van der Waals surface area contributed by atoms with E-state index in [4.69, 9.17) is 0 Å². The van der Waals surface area contributed by atoms with Crippen LogP contribution in [-0.2, 0) is 0 Å². The molecule has 1 heterocycles. The Hall–Kier alpha value is -7.42. The molecule has 0 aliphatic rings. The second kappa shape index (κ2) is 13.2. The van der Waals surface area contributed by atoms with E-state index in [0.29, 0.717) is 0 Å². The second-order valence-corrected chi connectivity index (χ2v) is 14.5. The summed E-state index contributed by atoms with van der Waals surface area (Å²) in [5, 5.41) is 10.1. The van der Waals surface area contributed by atoms with E-state index >= 15 is 0 Å². The first-order valence-corrected chi connectivity index (χ1v) is 19.3. The molecule has 0 N–H and O–H groups in total. The van der Waals surface area contributed by atoms with Crippen molar-refractivity contribution in [3.63, 3.8) is 0 Å². The number of fused-ring (bicyclic) bond motifs is 8. The Morgan fingerprint density at radius 2 is 0.893 bits per heavy atom. The Morgan fingerprint density at radius 1 is 0.304 bits per heavy atom. The number of hydrogen-bond donors (Lipinski definition) is 0. The molecule has 1 aromatic heterocycles. The van der Waals surface area contributed by atoms with Crippen molar-refractivity contribution in [2.24, 2.45) is 0 Å². The van der Waals surface area contributed by atoms with Gasteiger partial charge in [-0.2, -0.15) is 0 Å². The third-order valence-electron chi connectivity index (χ3n) is 11.3. The number of hydrogen-bond acceptors (Lipinski definition) is 1. The van der Waals surface area contributed by atoms with Gasteiger partial charge >= 0.3 is 0 Å². The molecule has 0 spiro atoms. The molecule has 2 nitrogen and oxygen atoms in total. The van der Waals surface area contributed by atoms with E-state index in [1.807, 2.05) is 0 Å². The molecular weight excluding hydrogens is 677 g/mol. The van der Waals surface area contributed by atoms with Crippen LogP contribution < -0.4 is 4.90 Å². The van der Waals surface area contributed by atoms with Crippen molar-refractivity contribution < 1.29 is 0 Å². The summed E-state index contributed by atoms with van der Waals surface area (Å²) in [5.74, 6) is 0. The van der Waals surface area contributed by atoms with Crippen LogP contribution in [-0.4, -0.2) is 4.57 Å². The monoisotopic (exact) mass is 712 g/mol. The normalized spacial score (nSPS) is 11.6. The molecule has 0 saturated heterocycles. The fourth-order valence-electron chi connectivity index (χ4n) is 8.74. The Kier molecular flexibility index (Phi) is 7.53. The summed E-state index contributed by atoms with van der Waals surface area (Å²) >= 11 is 0. The van der Waals surface area contributed by atoms with Gasteiger partial charge in [-0.25, -0.2) is 0 Å². The predicted molar refractivity (Wildman–Crippen MR) is 239 cm³/mol. The average Bonchev–Trinajstić information content (AvgIpc) is 3.62. The van der Waals surface area contributed by atoms with Crippen LogP contribution in [0.2, 0.25) is 0 Å². The highest BCUT2D eigenvalue weighted by molar-refractivity contribution is 6.20. The number of para-hydroxylation sites is 2. The Labute approximate surface area is 325 Å². The van der Waals surface area contributed by atoms with Crippen molar-refractivity contribution in [1.29, 1.82) is 0 Å².